The van der Waals surface area contributed by atoms with Gasteiger partial charge in [-0.15, -0.1) is 0 Å². The number of aromatic nitrogens is 2. The number of aliphatic hydroxyl groups excluding tert-OH is 1. The largest absolute Gasteiger partial charge is 0.392 e. The van der Waals surface area contributed by atoms with Crippen LogP contribution in [0.25, 0.3) is 0 Å². The fraction of sp³-hybridized carbons (Fsp3) is 0.636. The van der Waals surface area contributed by atoms with Crippen LogP contribution in [-0.4, -0.2) is 34.3 Å². The summed E-state index contributed by atoms with van der Waals surface area (Å²) in [6.45, 7) is 4.10. The van der Waals surface area contributed by atoms with Crippen LogP contribution in [0.15, 0.2) is 12.4 Å². The molecule has 2 rings (SSSR count). The molecule has 2 atom stereocenters. The lowest BCUT2D eigenvalue weighted by Gasteiger charge is -2.49. The van der Waals surface area contributed by atoms with Gasteiger partial charge in [0, 0.05) is 18.5 Å². The maximum Gasteiger partial charge on any atom is 0.147 e. The first-order valence-corrected chi connectivity index (χ1v) is 5.48. The van der Waals surface area contributed by atoms with E-state index in [1.807, 2.05) is 20.9 Å². The second-order valence-corrected chi connectivity index (χ2v) is 4.81. The van der Waals surface area contributed by atoms with Crippen LogP contribution in [0.2, 0.25) is 0 Å². The summed E-state index contributed by atoms with van der Waals surface area (Å²) in [6, 6.07) is 0.254. The van der Waals surface area contributed by atoms with Crippen LogP contribution in [0.5, 0.6) is 0 Å². The summed E-state index contributed by atoms with van der Waals surface area (Å²) in [5, 5.41) is 15.9. The predicted octanol–water partition coefficient (Wildman–Crippen LogP) is 1.09. The van der Waals surface area contributed by atoms with Gasteiger partial charge in [-0.25, -0.2) is 4.98 Å². The molecule has 0 bridgehead atoms. The summed E-state index contributed by atoms with van der Waals surface area (Å²) in [5.74, 6) is 1.49. The SMILES string of the molecule is CNc1cncc(NC2CC(O)C2(C)C)n1. The Labute approximate surface area is 95.3 Å². The van der Waals surface area contributed by atoms with Crippen LogP contribution in [-0.2, 0) is 0 Å². The van der Waals surface area contributed by atoms with E-state index in [2.05, 4.69) is 20.6 Å². The zero-order valence-electron chi connectivity index (χ0n) is 9.86. The molecular weight excluding hydrogens is 204 g/mol. The number of hydrogen-bond acceptors (Lipinski definition) is 5. The molecule has 5 nitrogen and oxygen atoms in total. The standard InChI is InChI=1S/C11H18N4O/c1-11(2)7(4-8(11)16)14-10-6-13-5-9(12-3)15-10/h5-8,16H,4H2,1-3H3,(H2,12,14,15). The third-order valence-corrected chi connectivity index (χ3v) is 3.43. The van der Waals surface area contributed by atoms with Crippen molar-refractivity contribution >= 4 is 11.6 Å². The number of hydrogen-bond donors (Lipinski definition) is 3. The van der Waals surface area contributed by atoms with Crippen molar-refractivity contribution in [3.05, 3.63) is 12.4 Å². The van der Waals surface area contributed by atoms with Gasteiger partial charge in [-0.05, 0) is 6.42 Å². The van der Waals surface area contributed by atoms with E-state index in [1.54, 1.807) is 12.4 Å². The van der Waals surface area contributed by atoms with Gasteiger partial charge in [0.15, 0.2) is 0 Å². The van der Waals surface area contributed by atoms with Crippen molar-refractivity contribution < 1.29 is 5.11 Å². The Morgan fingerprint density at radius 1 is 1.38 bits per heavy atom. The molecule has 0 radical (unpaired) electrons. The average molecular weight is 222 g/mol. The van der Waals surface area contributed by atoms with Gasteiger partial charge in [0.05, 0.1) is 18.5 Å². The molecule has 0 spiro atoms. The Hall–Kier alpha value is -1.36. The third-order valence-electron chi connectivity index (χ3n) is 3.43. The minimum absolute atomic E-state index is 0.0999. The molecule has 0 aliphatic heterocycles. The van der Waals surface area contributed by atoms with Crippen molar-refractivity contribution in [2.45, 2.75) is 32.4 Å². The lowest BCUT2D eigenvalue weighted by Crippen LogP contribution is -2.57. The zero-order valence-corrected chi connectivity index (χ0v) is 9.86. The fourth-order valence-electron chi connectivity index (χ4n) is 1.88. The Bertz CT molecular complexity index is 380. The van der Waals surface area contributed by atoms with Crippen molar-refractivity contribution in [2.75, 3.05) is 17.7 Å². The summed E-state index contributed by atoms with van der Waals surface area (Å²) < 4.78 is 0. The lowest BCUT2D eigenvalue weighted by atomic mass is 9.64. The van der Waals surface area contributed by atoms with E-state index in [4.69, 9.17) is 0 Å². The predicted molar refractivity (Wildman–Crippen MR) is 63.4 cm³/mol. The summed E-state index contributed by atoms with van der Waals surface area (Å²) in [6.07, 6.45) is 3.90. The average Bonchev–Trinajstić information content (AvgIpc) is 2.29. The Morgan fingerprint density at radius 2 is 2.06 bits per heavy atom. The highest BCUT2D eigenvalue weighted by molar-refractivity contribution is 5.42. The highest BCUT2D eigenvalue weighted by atomic mass is 16.3. The summed E-state index contributed by atoms with van der Waals surface area (Å²) in [5.41, 5.74) is -0.0999. The molecule has 1 aromatic heterocycles. The molecule has 16 heavy (non-hydrogen) atoms. The smallest absolute Gasteiger partial charge is 0.147 e. The third kappa shape index (κ3) is 1.82. The number of anilines is 2. The molecule has 1 saturated carbocycles. The minimum atomic E-state index is -0.231. The fourth-order valence-corrected chi connectivity index (χ4v) is 1.88. The van der Waals surface area contributed by atoms with Crippen LogP contribution in [0.4, 0.5) is 11.6 Å². The molecule has 88 valence electrons. The summed E-state index contributed by atoms with van der Waals surface area (Å²) >= 11 is 0. The van der Waals surface area contributed by atoms with Gasteiger partial charge >= 0.3 is 0 Å². The monoisotopic (exact) mass is 222 g/mol. The van der Waals surface area contributed by atoms with Crippen LogP contribution in [0, 0.1) is 5.41 Å². The van der Waals surface area contributed by atoms with Crippen molar-refractivity contribution in [3.8, 4) is 0 Å². The van der Waals surface area contributed by atoms with Gasteiger partial charge < -0.3 is 15.7 Å². The summed E-state index contributed by atoms with van der Waals surface area (Å²) in [7, 11) is 1.81. The number of nitrogens with zero attached hydrogens (tertiary/aromatic N) is 2. The molecule has 1 aliphatic carbocycles. The second kappa shape index (κ2) is 3.90. The van der Waals surface area contributed by atoms with Gasteiger partial charge in [0.2, 0.25) is 0 Å². The quantitative estimate of drug-likeness (QED) is 0.714. The molecule has 0 amide bonds. The van der Waals surface area contributed by atoms with Crippen LogP contribution in [0.3, 0.4) is 0 Å². The maximum atomic E-state index is 9.64. The topological polar surface area (TPSA) is 70.1 Å². The van der Waals surface area contributed by atoms with Gasteiger partial charge in [-0.2, -0.15) is 0 Å². The van der Waals surface area contributed by atoms with E-state index in [-0.39, 0.29) is 17.6 Å². The molecule has 1 heterocycles. The molecular formula is C11H18N4O. The van der Waals surface area contributed by atoms with Gasteiger partial charge in [-0.1, -0.05) is 13.8 Å². The first-order valence-electron chi connectivity index (χ1n) is 5.48. The van der Waals surface area contributed by atoms with Gasteiger partial charge in [0.1, 0.15) is 11.6 Å². The Kier molecular flexibility index (Phi) is 2.71. The number of nitrogens with one attached hydrogen (secondary N) is 2. The molecule has 0 saturated heterocycles. The lowest BCUT2D eigenvalue weighted by molar-refractivity contribution is -0.0511. The van der Waals surface area contributed by atoms with Gasteiger partial charge in [-0.3, -0.25) is 4.98 Å². The van der Waals surface area contributed by atoms with Crippen LogP contribution < -0.4 is 10.6 Å². The van der Waals surface area contributed by atoms with Crippen molar-refractivity contribution in [2.24, 2.45) is 5.41 Å². The number of aliphatic hydroxyl groups is 1. The molecule has 1 aromatic rings. The molecule has 1 fully saturated rings. The molecule has 3 N–H and O–H groups in total. The molecule has 0 aromatic carbocycles. The first kappa shape index (κ1) is 11.1. The normalized spacial score (nSPS) is 27.0. The Balaban J connectivity index is 2.05. The Morgan fingerprint density at radius 3 is 2.62 bits per heavy atom. The summed E-state index contributed by atoms with van der Waals surface area (Å²) in [4.78, 5) is 8.42. The minimum Gasteiger partial charge on any atom is -0.392 e. The first-order chi connectivity index (χ1) is 7.54. The molecule has 1 aliphatic rings. The molecule has 2 unspecified atom stereocenters. The zero-order chi connectivity index (χ0) is 11.8. The second-order valence-electron chi connectivity index (χ2n) is 4.81. The van der Waals surface area contributed by atoms with E-state index in [0.29, 0.717) is 0 Å². The van der Waals surface area contributed by atoms with Crippen molar-refractivity contribution in [1.82, 2.24) is 9.97 Å². The van der Waals surface area contributed by atoms with Crippen LogP contribution >= 0.6 is 0 Å². The van der Waals surface area contributed by atoms with Gasteiger partial charge in [0.25, 0.3) is 0 Å². The van der Waals surface area contributed by atoms with Crippen LogP contribution in [0.1, 0.15) is 20.3 Å². The van der Waals surface area contributed by atoms with E-state index in [1.165, 1.54) is 0 Å². The van der Waals surface area contributed by atoms with E-state index < -0.39 is 0 Å². The highest BCUT2D eigenvalue weighted by Gasteiger charge is 2.47. The van der Waals surface area contributed by atoms with E-state index in [9.17, 15) is 5.11 Å². The van der Waals surface area contributed by atoms with E-state index >= 15 is 0 Å². The van der Waals surface area contributed by atoms with E-state index in [0.717, 1.165) is 18.1 Å². The molecule has 5 heteroatoms. The number of rotatable bonds is 3. The van der Waals surface area contributed by atoms with Crippen molar-refractivity contribution in [3.63, 3.8) is 0 Å². The van der Waals surface area contributed by atoms with Crippen molar-refractivity contribution in [1.29, 1.82) is 0 Å². The highest BCUT2D eigenvalue weighted by Crippen LogP contribution is 2.41. The maximum absolute atomic E-state index is 9.64.